The second-order valence-corrected chi connectivity index (χ2v) is 5.29. The van der Waals surface area contributed by atoms with E-state index in [4.69, 9.17) is 0 Å². The summed E-state index contributed by atoms with van der Waals surface area (Å²) in [5.74, 6) is 0.961. The zero-order chi connectivity index (χ0) is 10.6. The smallest absolute Gasteiger partial charge is 0.00313 e. The Labute approximate surface area is 99.0 Å². The molecule has 0 aromatic rings. The van der Waals surface area contributed by atoms with Gasteiger partial charge in [-0.05, 0) is 12.3 Å². The van der Waals surface area contributed by atoms with E-state index in [1.165, 1.54) is 63.1 Å². The highest BCUT2D eigenvalue weighted by atomic mass is 79.9. The van der Waals surface area contributed by atoms with Gasteiger partial charge in [0.1, 0.15) is 0 Å². The Bertz CT molecular complexity index is 101. The van der Waals surface area contributed by atoms with E-state index >= 15 is 0 Å². The molecule has 0 bridgehead atoms. The van der Waals surface area contributed by atoms with Gasteiger partial charge in [-0.2, -0.15) is 0 Å². The van der Waals surface area contributed by atoms with Crippen molar-refractivity contribution in [2.24, 2.45) is 5.92 Å². The maximum atomic E-state index is 3.47. The average Bonchev–Trinajstić information content (AvgIpc) is 2.17. The molecule has 1 heteroatoms. The van der Waals surface area contributed by atoms with Crippen molar-refractivity contribution in [2.45, 2.75) is 71.6 Å². The van der Waals surface area contributed by atoms with Gasteiger partial charge < -0.3 is 0 Å². The molecule has 0 saturated heterocycles. The topological polar surface area (TPSA) is 0 Å². The van der Waals surface area contributed by atoms with Gasteiger partial charge in [-0.1, -0.05) is 81.1 Å². The van der Waals surface area contributed by atoms with Crippen molar-refractivity contribution in [1.29, 1.82) is 0 Å². The van der Waals surface area contributed by atoms with E-state index in [1.54, 1.807) is 0 Å². The Hall–Kier alpha value is 0.480. The molecule has 0 aliphatic heterocycles. The zero-order valence-corrected chi connectivity index (χ0v) is 11.6. The molecule has 14 heavy (non-hydrogen) atoms. The number of halogens is 1. The van der Waals surface area contributed by atoms with E-state index in [9.17, 15) is 0 Å². The van der Waals surface area contributed by atoms with Crippen molar-refractivity contribution < 1.29 is 0 Å². The summed E-state index contributed by atoms with van der Waals surface area (Å²) < 4.78 is 0. The molecule has 0 radical (unpaired) electrons. The van der Waals surface area contributed by atoms with Crippen molar-refractivity contribution in [3.63, 3.8) is 0 Å². The van der Waals surface area contributed by atoms with Crippen molar-refractivity contribution in [1.82, 2.24) is 0 Å². The average molecular weight is 263 g/mol. The fourth-order valence-corrected chi connectivity index (χ4v) is 2.33. The third kappa shape index (κ3) is 10.6. The van der Waals surface area contributed by atoms with Crippen LogP contribution in [-0.2, 0) is 0 Å². The number of hydrogen-bond acceptors (Lipinski definition) is 0. The molecule has 86 valence electrons. The van der Waals surface area contributed by atoms with E-state index in [2.05, 4.69) is 29.8 Å². The zero-order valence-electron chi connectivity index (χ0n) is 10.0. The maximum absolute atomic E-state index is 3.47. The summed E-state index contributed by atoms with van der Waals surface area (Å²) in [6.07, 6.45) is 12.8. The van der Waals surface area contributed by atoms with Crippen LogP contribution in [0.2, 0.25) is 0 Å². The molecule has 0 nitrogen and oxygen atoms in total. The van der Waals surface area contributed by atoms with E-state index in [0.29, 0.717) is 0 Å². The molecular weight excluding hydrogens is 236 g/mol. The summed E-state index contributed by atoms with van der Waals surface area (Å²) in [5.41, 5.74) is 0. The lowest BCUT2D eigenvalue weighted by Gasteiger charge is -2.08. The first kappa shape index (κ1) is 14.5. The number of hydrogen-bond donors (Lipinski definition) is 0. The SMILES string of the molecule is CCCC(C)CCCCCCCCBr. The first-order chi connectivity index (χ1) is 6.81. The highest BCUT2D eigenvalue weighted by Crippen LogP contribution is 2.15. The van der Waals surface area contributed by atoms with Crippen LogP contribution in [0.4, 0.5) is 0 Å². The van der Waals surface area contributed by atoms with Gasteiger partial charge in [0.25, 0.3) is 0 Å². The van der Waals surface area contributed by atoms with Crippen LogP contribution in [0.5, 0.6) is 0 Å². The third-order valence-corrected chi connectivity index (χ3v) is 3.42. The second kappa shape index (κ2) is 11.6. The molecule has 1 atom stereocenters. The molecule has 0 amide bonds. The minimum absolute atomic E-state index is 0.961. The van der Waals surface area contributed by atoms with Gasteiger partial charge in [-0.25, -0.2) is 0 Å². The predicted molar refractivity (Wildman–Crippen MR) is 70.2 cm³/mol. The van der Waals surface area contributed by atoms with Crippen LogP contribution in [0.1, 0.15) is 71.6 Å². The minimum atomic E-state index is 0.961. The first-order valence-electron chi connectivity index (χ1n) is 6.37. The van der Waals surface area contributed by atoms with Gasteiger partial charge in [0.2, 0.25) is 0 Å². The fraction of sp³-hybridized carbons (Fsp3) is 1.00. The molecule has 0 aromatic heterocycles. The number of unbranched alkanes of at least 4 members (excludes halogenated alkanes) is 5. The molecule has 0 aromatic carbocycles. The maximum Gasteiger partial charge on any atom is 0.00313 e. The molecule has 0 spiro atoms. The molecule has 0 aliphatic rings. The Balaban J connectivity index is 2.98. The molecule has 0 heterocycles. The summed E-state index contributed by atoms with van der Waals surface area (Å²) >= 11 is 3.47. The van der Waals surface area contributed by atoms with Crippen LogP contribution in [-0.4, -0.2) is 5.33 Å². The summed E-state index contributed by atoms with van der Waals surface area (Å²) in [5, 5.41) is 1.18. The Morgan fingerprint density at radius 3 is 2.00 bits per heavy atom. The van der Waals surface area contributed by atoms with Gasteiger partial charge in [-0.3, -0.25) is 0 Å². The second-order valence-electron chi connectivity index (χ2n) is 4.49. The fourth-order valence-electron chi connectivity index (χ4n) is 1.93. The molecule has 0 rings (SSSR count). The van der Waals surface area contributed by atoms with Crippen molar-refractivity contribution >= 4 is 15.9 Å². The normalized spacial score (nSPS) is 13.1. The lowest BCUT2D eigenvalue weighted by Crippen LogP contribution is -1.93. The van der Waals surface area contributed by atoms with Crippen LogP contribution >= 0.6 is 15.9 Å². The summed E-state index contributed by atoms with van der Waals surface area (Å²) in [6, 6.07) is 0. The van der Waals surface area contributed by atoms with Crippen molar-refractivity contribution in [3.8, 4) is 0 Å². The molecule has 0 N–H and O–H groups in total. The number of alkyl halides is 1. The van der Waals surface area contributed by atoms with E-state index < -0.39 is 0 Å². The standard InChI is InChI=1S/C13H27Br/c1-3-10-13(2)11-8-6-4-5-7-9-12-14/h13H,3-12H2,1-2H3. The van der Waals surface area contributed by atoms with Gasteiger partial charge in [-0.15, -0.1) is 0 Å². The predicted octanol–water partition coefficient (Wildman–Crippen LogP) is 5.55. The highest BCUT2D eigenvalue weighted by molar-refractivity contribution is 9.09. The van der Waals surface area contributed by atoms with Crippen LogP contribution in [0.25, 0.3) is 0 Å². The van der Waals surface area contributed by atoms with Gasteiger partial charge in [0, 0.05) is 5.33 Å². The largest absolute Gasteiger partial charge is 0.0928 e. The first-order valence-corrected chi connectivity index (χ1v) is 7.49. The monoisotopic (exact) mass is 262 g/mol. The highest BCUT2D eigenvalue weighted by Gasteiger charge is 1.99. The lowest BCUT2D eigenvalue weighted by atomic mass is 9.98. The summed E-state index contributed by atoms with van der Waals surface area (Å²) in [7, 11) is 0. The van der Waals surface area contributed by atoms with E-state index in [-0.39, 0.29) is 0 Å². The molecule has 0 fully saturated rings. The number of rotatable bonds is 10. The molecule has 0 aliphatic carbocycles. The molecule has 1 unspecified atom stereocenters. The lowest BCUT2D eigenvalue weighted by molar-refractivity contribution is 0.452. The third-order valence-electron chi connectivity index (χ3n) is 2.86. The van der Waals surface area contributed by atoms with Crippen LogP contribution in [0, 0.1) is 5.92 Å². The van der Waals surface area contributed by atoms with E-state index in [1.807, 2.05) is 0 Å². The summed E-state index contributed by atoms with van der Waals surface area (Å²) in [4.78, 5) is 0. The van der Waals surface area contributed by atoms with E-state index in [0.717, 1.165) is 5.92 Å². The Morgan fingerprint density at radius 2 is 1.43 bits per heavy atom. The van der Waals surface area contributed by atoms with Gasteiger partial charge >= 0.3 is 0 Å². The summed E-state index contributed by atoms with van der Waals surface area (Å²) in [6.45, 7) is 4.69. The van der Waals surface area contributed by atoms with Crippen LogP contribution in [0.3, 0.4) is 0 Å². The van der Waals surface area contributed by atoms with Crippen molar-refractivity contribution in [3.05, 3.63) is 0 Å². The van der Waals surface area contributed by atoms with Gasteiger partial charge in [0.05, 0.1) is 0 Å². The Morgan fingerprint density at radius 1 is 0.857 bits per heavy atom. The van der Waals surface area contributed by atoms with Crippen LogP contribution in [0.15, 0.2) is 0 Å². The Kier molecular flexibility index (Phi) is 12.0. The van der Waals surface area contributed by atoms with Crippen LogP contribution < -0.4 is 0 Å². The minimum Gasteiger partial charge on any atom is -0.0928 e. The quantitative estimate of drug-likeness (QED) is 0.358. The van der Waals surface area contributed by atoms with Crippen molar-refractivity contribution in [2.75, 3.05) is 5.33 Å². The van der Waals surface area contributed by atoms with Gasteiger partial charge in [0.15, 0.2) is 0 Å². The molecular formula is C13H27Br. The molecule has 0 saturated carbocycles.